The molecule has 0 fully saturated rings. The van der Waals surface area contributed by atoms with Crippen LogP contribution in [-0.2, 0) is 0 Å². The number of pyridine rings is 1. The lowest BCUT2D eigenvalue weighted by atomic mass is 9.98. The van der Waals surface area contributed by atoms with Crippen LogP contribution in [0.5, 0.6) is 0 Å². The Morgan fingerprint density at radius 3 is 2.53 bits per heavy atom. The summed E-state index contributed by atoms with van der Waals surface area (Å²) in [6.45, 7) is 3.79. The fourth-order valence-electron chi connectivity index (χ4n) is 1.81. The quantitative estimate of drug-likeness (QED) is 0.861. The van der Waals surface area contributed by atoms with Gasteiger partial charge in [-0.25, -0.2) is 4.39 Å². The van der Waals surface area contributed by atoms with E-state index in [1.165, 1.54) is 6.07 Å². The number of rotatable bonds is 2. The minimum Gasteiger partial charge on any atom is -0.320 e. The number of benzene rings is 1. The van der Waals surface area contributed by atoms with Gasteiger partial charge >= 0.3 is 0 Å². The largest absolute Gasteiger partial charge is 0.320 e. The van der Waals surface area contributed by atoms with E-state index in [1.807, 2.05) is 26.0 Å². The van der Waals surface area contributed by atoms with E-state index < -0.39 is 6.04 Å². The molecule has 0 saturated carbocycles. The summed E-state index contributed by atoms with van der Waals surface area (Å²) >= 11 is 0. The monoisotopic (exact) mass is 230 g/mol. The first-order chi connectivity index (χ1) is 8.08. The molecule has 1 atom stereocenters. The molecule has 0 aliphatic carbocycles. The Kier molecular flexibility index (Phi) is 3.20. The van der Waals surface area contributed by atoms with Gasteiger partial charge in [-0.05, 0) is 36.6 Å². The molecule has 0 radical (unpaired) electrons. The lowest BCUT2D eigenvalue weighted by Gasteiger charge is -2.14. The highest BCUT2D eigenvalue weighted by molar-refractivity contribution is 5.33. The Hall–Kier alpha value is -1.74. The Labute approximate surface area is 100 Å². The maximum absolute atomic E-state index is 13.8. The molecule has 2 N–H and O–H groups in total. The molecule has 1 heterocycles. The third-order valence-corrected chi connectivity index (χ3v) is 2.75. The van der Waals surface area contributed by atoms with Gasteiger partial charge in [-0.3, -0.25) is 4.98 Å². The van der Waals surface area contributed by atoms with Crippen LogP contribution in [0.3, 0.4) is 0 Å². The maximum Gasteiger partial charge on any atom is 0.128 e. The summed E-state index contributed by atoms with van der Waals surface area (Å²) in [5.74, 6) is -0.265. The summed E-state index contributed by atoms with van der Waals surface area (Å²) in [6, 6.07) is 6.55. The van der Waals surface area contributed by atoms with E-state index in [9.17, 15) is 4.39 Å². The molecule has 0 bridgehead atoms. The highest BCUT2D eigenvalue weighted by Crippen LogP contribution is 2.22. The highest BCUT2D eigenvalue weighted by Gasteiger charge is 2.13. The Morgan fingerprint density at radius 1 is 1.12 bits per heavy atom. The van der Waals surface area contributed by atoms with Crippen molar-refractivity contribution in [2.75, 3.05) is 0 Å². The fourth-order valence-corrected chi connectivity index (χ4v) is 1.81. The third-order valence-electron chi connectivity index (χ3n) is 2.75. The molecule has 0 saturated heterocycles. The van der Waals surface area contributed by atoms with Gasteiger partial charge in [0.2, 0.25) is 0 Å². The summed E-state index contributed by atoms with van der Waals surface area (Å²) in [5, 5.41) is 0. The molecular weight excluding hydrogens is 215 g/mol. The van der Waals surface area contributed by atoms with Crippen molar-refractivity contribution in [1.82, 2.24) is 4.98 Å². The van der Waals surface area contributed by atoms with Gasteiger partial charge in [0.25, 0.3) is 0 Å². The van der Waals surface area contributed by atoms with Gasteiger partial charge in [0.05, 0.1) is 6.04 Å². The summed E-state index contributed by atoms with van der Waals surface area (Å²) in [5.41, 5.74) is 9.29. The molecule has 3 heteroatoms. The van der Waals surface area contributed by atoms with Crippen LogP contribution in [0, 0.1) is 19.7 Å². The SMILES string of the molecule is Cc1cncc(C(N)c2ccc(C)cc2F)c1. The van der Waals surface area contributed by atoms with Crippen LogP contribution < -0.4 is 5.73 Å². The maximum atomic E-state index is 13.8. The van der Waals surface area contributed by atoms with E-state index >= 15 is 0 Å². The van der Waals surface area contributed by atoms with Crippen molar-refractivity contribution in [3.63, 3.8) is 0 Å². The van der Waals surface area contributed by atoms with Gasteiger partial charge < -0.3 is 5.73 Å². The molecule has 17 heavy (non-hydrogen) atoms. The molecule has 1 unspecified atom stereocenters. The standard InChI is InChI=1S/C14H15FN2/c1-9-3-4-12(13(15)6-9)14(16)11-5-10(2)7-17-8-11/h3-8,14H,16H2,1-2H3. The minimum atomic E-state index is -0.469. The fraction of sp³-hybridized carbons (Fsp3) is 0.214. The molecule has 2 nitrogen and oxygen atoms in total. The van der Waals surface area contributed by atoms with E-state index in [-0.39, 0.29) is 5.82 Å². The normalized spacial score (nSPS) is 12.5. The van der Waals surface area contributed by atoms with Gasteiger partial charge in [0, 0.05) is 18.0 Å². The first kappa shape index (κ1) is 11.7. The lowest BCUT2D eigenvalue weighted by molar-refractivity contribution is 0.598. The van der Waals surface area contributed by atoms with Crippen LogP contribution in [0.25, 0.3) is 0 Å². The lowest BCUT2D eigenvalue weighted by Crippen LogP contribution is -2.14. The van der Waals surface area contributed by atoms with Crippen molar-refractivity contribution < 1.29 is 4.39 Å². The third kappa shape index (κ3) is 2.50. The number of hydrogen-bond donors (Lipinski definition) is 1. The number of halogens is 1. The van der Waals surface area contributed by atoms with E-state index in [4.69, 9.17) is 5.73 Å². The van der Waals surface area contributed by atoms with Gasteiger partial charge in [0.1, 0.15) is 5.82 Å². The second-order valence-electron chi connectivity index (χ2n) is 4.30. The zero-order valence-corrected chi connectivity index (χ0v) is 9.94. The minimum absolute atomic E-state index is 0.265. The predicted molar refractivity (Wildman–Crippen MR) is 66.1 cm³/mol. The second-order valence-corrected chi connectivity index (χ2v) is 4.30. The molecule has 1 aromatic carbocycles. The van der Waals surface area contributed by atoms with Crippen LogP contribution in [0.4, 0.5) is 4.39 Å². The molecule has 0 spiro atoms. The summed E-state index contributed by atoms with van der Waals surface area (Å²) in [6.07, 6.45) is 3.43. The Morgan fingerprint density at radius 2 is 1.88 bits per heavy atom. The van der Waals surface area contributed by atoms with Crippen LogP contribution in [0.2, 0.25) is 0 Å². The van der Waals surface area contributed by atoms with E-state index in [0.717, 1.165) is 16.7 Å². The van der Waals surface area contributed by atoms with Gasteiger partial charge in [-0.2, -0.15) is 0 Å². The van der Waals surface area contributed by atoms with Crippen molar-refractivity contribution in [2.24, 2.45) is 5.73 Å². The average Bonchev–Trinajstić information content (AvgIpc) is 2.28. The van der Waals surface area contributed by atoms with Crippen LogP contribution in [-0.4, -0.2) is 4.98 Å². The number of hydrogen-bond acceptors (Lipinski definition) is 2. The molecule has 0 aliphatic rings. The first-order valence-corrected chi connectivity index (χ1v) is 5.51. The van der Waals surface area contributed by atoms with Gasteiger partial charge in [-0.15, -0.1) is 0 Å². The zero-order chi connectivity index (χ0) is 12.4. The molecule has 88 valence electrons. The van der Waals surface area contributed by atoms with E-state index in [0.29, 0.717) is 5.56 Å². The molecule has 0 aliphatic heterocycles. The molecule has 2 rings (SSSR count). The summed E-state index contributed by atoms with van der Waals surface area (Å²) in [7, 11) is 0. The predicted octanol–water partition coefficient (Wildman–Crippen LogP) is 2.89. The number of nitrogens with two attached hydrogens (primary N) is 1. The number of aromatic nitrogens is 1. The van der Waals surface area contributed by atoms with Crippen molar-refractivity contribution in [1.29, 1.82) is 0 Å². The van der Waals surface area contributed by atoms with Crippen LogP contribution >= 0.6 is 0 Å². The molecule has 2 aromatic rings. The summed E-state index contributed by atoms with van der Waals surface area (Å²) in [4.78, 5) is 4.08. The molecule has 0 amide bonds. The highest BCUT2D eigenvalue weighted by atomic mass is 19.1. The van der Waals surface area contributed by atoms with Crippen molar-refractivity contribution in [3.05, 3.63) is 64.7 Å². The van der Waals surface area contributed by atoms with Crippen molar-refractivity contribution >= 4 is 0 Å². The topological polar surface area (TPSA) is 38.9 Å². The van der Waals surface area contributed by atoms with Crippen molar-refractivity contribution in [2.45, 2.75) is 19.9 Å². The van der Waals surface area contributed by atoms with Crippen molar-refractivity contribution in [3.8, 4) is 0 Å². The second kappa shape index (κ2) is 4.63. The smallest absolute Gasteiger partial charge is 0.128 e. The zero-order valence-electron chi connectivity index (χ0n) is 9.94. The number of aryl methyl sites for hydroxylation is 2. The van der Waals surface area contributed by atoms with Crippen LogP contribution in [0.15, 0.2) is 36.7 Å². The van der Waals surface area contributed by atoms with E-state index in [1.54, 1.807) is 18.5 Å². The van der Waals surface area contributed by atoms with Crippen LogP contribution in [0.1, 0.15) is 28.3 Å². The van der Waals surface area contributed by atoms with Gasteiger partial charge in [0.15, 0.2) is 0 Å². The summed E-state index contributed by atoms with van der Waals surface area (Å²) < 4.78 is 13.8. The first-order valence-electron chi connectivity index (χ1n) is 5.51. The molecule has 1 aromatic heterocycles. The van der Waals surface area contributed by atoms with Gasteiger partial charge in [-0.1, -0.05) is 18.2 Å². The average molecular weight is 230 g/mol. The van der Waals surface area contributed by atoms with E-state index in [2.05, 4.69) is 4.98 Å². The number of nitrogens with zero attached hydrogens (tertiary/aromatic N) is 1. The Balaban J connectivity index is 2.40. The Bertz CT molecular complexity index is 537. The molecular formula is C14H15FN2.